The van der Waals surface area contributed by atoms with Crippen molar-refractivity contribution in [3.05, 3.63) is 96.3 Å². The molecule has 1 fully saturated rings. The fraction of sp³-hybridized carbons (Fsp3) is 0.161. The number of carbonyl (C=O) groups is 4. The molecule has 3 heterocycles. The van der Waals surface area contributed by atoms with E-state index in [1.807, 2.05) is 0 Å². The van der Waals surface area contributed by atoms with Gasteiger partial charge < -0.3 is 20.3 Å². The van der Waals surface area contributed by atoms with Crippen molar-refractivity contribution < 1.29 is 32.7 Å². The predicted octanol–water partition coefficient (Wildman–Crippen LogP) is 5.54. The summed E-state index contributed by atoms with van der Waals surface area (Å²) in [5, 5.41) is 5.50. The maximum Gasteiger partial charge on any atom is 0.331 e. The summed E-state index contributed by atoms with van der Waals surface area (Å²) in [5.74, 6) is -3.25. The summed E-state index contributed by atoms with van der Waals surface area (Å²) in [6.45, 7) is 3.30. The van der Waals surface area contributed by atoms with Crippen molar-refractivity contribution in [2.45, 2.75) is 19.9 Å². The maximum atomic E-state index is 15.1. The van der Waals surface area contributed by atoms with Gasteiger partial charge >= 0.3 is 6.03 Å². The SMILES string of the molecule is CC(C)N1CC(C(=O)Nc2ccc(Oc3ccnc(Nc4ccc(C=O)cn4)c3)c(F)c2)C(=O)N(c2ccc(F)cc2)C1=O. The first-order valence-corrected chi connectivity index (χ1v) is 13.5. The highest BCUT2D eigenvalue weighted by atomic mass is 19.1. The van der Waals surface area contributed by atoms with Crippen LogP contribution < -0.4 is 20.3 Å². The molecule has 1 atom stereocenters. The van der Waals surface area contributed by atoms with Crippen LogP contribution in [0.1, 0.15) is 24.2 Å². The summed E-state index contributed by atoms with van der Waals surface area (Å²) in [4.78, 5) is 61.0. The van der Waals surface area contributed by atoms with Crippen molar-refractivity contribution in [3.8, 4) is 11.5 Å². The van der Waals surface area contributed by atoms with E-state index in [9.17, 15) is 23.6 Å². The Labute approximate surface area is 250 Å². The van der Waals surface area contributed by atoms with E-state index in [1.54, 1.807) is 26.0 Å². The first-order valence-electron chi connectivity index (χ1n) is 13.5. The number of benzene rings is 2. The van der Waals surface area contributed by atoms with E-state index in [1.165, 1.54) is 53.7 Å². The number of ether oxygens (including phenoxy) is 1. The summed E-state index contributed by atoms with van der Waals surface area (Å²) in [6.07, 6.45) is 3.53. The Morgan fingerprint density at radius 1 is 1.00 bits per heavy atom. The lowest BCUT2D eigenvalue weighted by Gasteiger charge is -2.39. The molecule has 1 unspecified atom stereocenters. The van der Waals surface area contributed by atoms with Crippen molar-refractivity contribution in [2.75, 3.05) is 22.1 Å². The van der Waals surface area contributed by atoms with Crippen LogP contribution in [0.4, 0.5) is 36.6 Å². The number of hydrogen-bond acceptors (Lipinski definition) is 8. The van der Waals surface area contributed by atoms with Gasteiger partial charge in [0, 0.05) is 48.4 Å². The van der Waals surface area contributed by atoms with Gasteiger partial charge in [0.25, 0.3) is 0 Å². The second-order valence-electron chi connectivity index (χ2n) is 10.1. The minimum Gasteiger partial charge on any atom is -0.454 e. The molecule has 4 aromatic rings. The maximum absolute atomic E-state index is 15.1. The lowest BCUT2D eigenvalue weighted by molar-refractivity contribution is -0.132. The fourth-order valence-corrected chi connectivity index (χ4v) is 4.43. The van der Waals surface area contributed by atoms with Crippen molar-refractivity contribution in [3.63, 3.8) is 0 Å². The highest BCUT2D eigenvalue weighted by Crippen LogP contribution is 2.30. The van der Waals surface area contributed by atoms with Gasteiger partial charge in [0.2, 0.25) is 11.8 Å². The van der Waals surface area contributed by atoms with Crippen LogP contribution in [-0.4, -0.2) is 51.6 Å². The summed E-state index contributed by atoms with van der Waals surface area (Å²) in [6, 6.07) is 13.8. The Hall–Kier alpha value is -5.72. The number of aromatic nitrogens is 2. The molecule has 0 radical (unpaired) electrons. The van der Waals surface area contributed by atoms with Crippen molar-refractivity contribution >= 4 is 47.1 Å². The van der Waals surface area contributed by atoms with Crippen molar-refractivity contribution in [1.82, 2.24) is 14.9 Å². The summed E-state index contributed by atoms with van der Waals surface area (Å²) < 4.78 is 34.2. The van der Waals surface area contributed by atoms with Gasteiger partial charge in [-0.3, -0.25) is 14.4 Å². The molecule has 11 nitrogen and oxygen atoms in total. The lowest BCUT2D eigenvalue weighted by Crippen LogP contribution is -2.61. The smallest absolute Gasteiger partial charge is 0.331 e. The average molecular weight is 601 g/mol. The summed E-state index contributed by atoms with van der Waals surface area (Å²) in [7, 11) is 0. The molecule has 0 aliphatic carbocycles. The number of imide groups is 1. The van der Waals surface area contributed by atoms with Crippen LogP contribution in [0.2, 0.25) is 0 Å². The third-order valence-electron chi connectivity index (χ3n) is 6.70. The van der Waals surface area contributed by atoms with Crippen LogP contribution in [0, 0.1) is 17.6 Å². The van der Waals surface area contributed by atoms with Crippen LogP contribution in [0.5, 0.6) is 11.5 Å². The molecule has 1 aliphatic rings. The molecule has 0 bridgehead atoms. The Morgan fingerprint density at radius 3 is 2.43 bits per heavy atom. The Morgan fingerprint density at radius 2 is 1.77 bits per heavy atom. The molecular formula is C31H26F2N6O5. The number of rotatable bonds is 9. The van der Waals surface area contributed by atoms with Crippen molar-refractivity contribution in [1.29, 1.82) is 0 Å². The number of urea groups is 1. The molecule has 2 aromatic carbocycles. The second-order valence-corrected chi connectivity index (χ2v) is 10.1. The molecule has 1 saturated heterocycles. The number of pyridine rings is 2. The number of carbonyl (C=O) groups excluding carboxylic acids is 4. The van der Waals surface area contributed by atoms with E-state index in [4.69, 9.17) is 4.74 Å². The zero-order valence-electron chi connectivity index (χ0n) is 23.5. The van der Waals surface area contributed by atoms with E-state index in [-0.39, 0.29) is 35.5 Å². The highest BCUT2D eigenvalue weighted by molar-refractivity contribution is 6.23. The molecule has 0 spiro atoms. The van der Waals surface area contributed by atoms with Gasteiger partial charge in [-0.2, -0.15) is 0 Å². The zero-order chi connectivity index (χ0) is 31.4. The van der Waals surface area contributed by atoms with Gasteiger partial charge in [-0.05, 0) is 68.4 Å². The number of nitrogens with zero attached hydrogens (tertiary/aromatic N) is 4. The predicted molar refractivity (Wildman–Crippen MR) is 157 cm³/mol. The molecule has 44 heavy (non-hydrogen) atoms. The summed E-state index contributed by atoms with van der Waals surface area (Å²) >= 11 is 0. The molecule has 13 heteroatoms. The lowest BCUT2D eigenvalue weighted by atomic mass is 10.0. The molecular weight excluding hydrogens is 574 g/mol. The van der Waals surface area contributed by atoms with Gasteiger partial charge in [-0.1, -0.05) is 0 Å². The van der Waals surface area contributed by atoms with E-state index in [2.05, 4.69) is 20.6 Å². The third kappa shape index (κ3) is 6.51. The zero-order valence-corrected chi connectivity index (χ0v) is 23.5. The largest absolute Gasteiger partial charge is 0.454 e. The van der Waals surface area contributed by atoms with E-state index in [0.717, 1.165) is 23.1 Å². The van der Waals surface area contributed by atoms with Crippen LogP contribution in [-0.2, 0) is 9.59 Å². The van der Waals surface area contributed by atoms with Crippen molar-refractivity contribution in [2.24, 2.45) is 5.92 Å². The van der Waals surface area contributed by atoms with Gasteiger partial charge in [0.15, 0.2) is 17.9 Å². The quantitative estimate of drug-likeness (QED) is 0.189. The number of hydrogen-bond donors (Lipinski definition) is 2. The summed E-state index contributed by atoms with van der Waals surface area (Å²) in [5.41, 5.74) is 0.607. The first-order chi connectivity index (χ1) is 21.1. The number of anilines is 4. The molecule has 1 aliphatic heterocycles. The minimum absolute atomic E-state index is 0.0657. The highest BCUT2D eigenvalue weighted by Gasteiger charge is 2.44. The first kappa shape index (κ1) is 29.8. The molecule has 2 N–H and O–H groups in total. The third-order valence-corrected chi connectivity index (χ3v) is 6.70. The van der Waals surface area contributed by atoms with E-state index >= 15 is 4.39 Å². The second kappa shape index (κ2) is 12.7. The minimum atomic E-state index is -1.30. The average Bonchev–Trinajstić information content (AvgIpc) is 3.00. The van der Waals surface area contributed by atoms with Gasteiger partial charge in [-0.15, -0.1) is 0 Å². The number of amides is 4. The monoisotopic (exact) mass is 600 g/mol. The van der Waals surface area contributed by atoms with Crippen LogP contribution in [0.3, 0.4) is 0 Å². The number of aldehydes is 1. The van der Waals surface area contributed by atoms with Gasteiger partial charge in [0.05, 0.1) is 5.69 Å². The normalized spacial score (nSPS) is 14.9. The molecule has 0 saturated carbocycles. The van der Waals surface area contributed by atoms with Crippen LogP contribution >= 0.6 is 0 Å². The molecule has 224 valence electrons. The Kier molecular flexibility index (Phi) is 8.56. The van der Waals surface area contributed by atoms with Crippen LogP contribution in [0.15, 0.2) is 79.1 Å². The Balaban J connectivity index is 1.28. The molecule has 5 rings (SSSR count). The topological polar surface area (TPSA) is 134 Å². The fourth-order valence-electron chi connectivity index (χ4n) is 4.43. The Bertz CT molecular complexity index is 1720. The number of nitrogens with one attached hydrogen (secondary N) is 2. The van der Waals surface area contributed by atoms with Gasteiger partial charge in [-0.25, -0.2) is 28.4 Å². The van der Waals surface area contributed by atoms with E-state index in [0.29, 0.717) is 23.5 Å². The van der Waals surface area contributed by atoms with Crippen LogP contribution in [0.25, 0.3) is 0 Å². The standard InChI is InChI=1S/C31H26F2N6O5/c1-18(2)38-16-24(30(42)39(31(38)43)22-7-4-20(32)5-8-22)29(41)36-21-6-9-26(25(33)13-21)44-23-11-12-34-28(14-23)37-27-10-3-19(17-40)15-35-27/h3-15,17-18,24H,16H2,1-2H3,(H,36,41)(H,34,35,37). The number of halogens is 2. The molecule has 2 aromatic heterocycles. The van der Waals surface area contributed by atoms with Gasteiger partial charge in [0.1, 0.15) is 29.1 Å². The van der Waals surface area contributed by atoms with E-state index < -0.39 is 35.4 Å². The molecule has 4 amide bonds.